The number of allylic oxidation sites excluding steroid dienone is 2. The minimum Gasteiger partial charge on any atom is -0.311 e. The van der Waals surface area contributed by atoms with Gasteiger partial charge in [-0.15, -0.1) is 0 Å². The molecule has 1 heteroatoms. The second-order valence-corrected chi connectivity index (χ2v) is 5.30. The van der Waals surface area contributed by atoms with Crippen LogP contribution in [0.15, 0.2) is 12.2 Å². The molecule has 0 heterocycles. The van der Waals surface area contributed by atoms with E-state index in [9.17, 15) is 0 Å². The normalized spacial score (nSPS) is 30.8. The largest absolute Gasteiger partial charge is 0.311 e. The third kappa shape index (κ3) is 2.60. The number of nitrogens with one attached hydrogen (secondary N) is 1. The van der Waals surface area contributed by atoms with Crippen molar-refractivity contribution in [3.8, 4) is 0 Å². The fourth-order valence-corrected chi connectivity index (χ4v) is 2.76. The molecule has 0 spiro atoms. The van der Waals surface area contributed by atoms with Gasteiger partial charge in [0.15, 0.2) is 0 Å². The lowest BCUT2D eigenvalue weighted by atomic mass is 9.92. The Labute approximate surface area is 88.0 Å². The molecular formula is C13H23N. The van der Waals surface area contributed by atoms with Crippen LogP contribution in [0.25, 0.3) is 0 Å². The van der Waals surface area contributed by atoms with Gasteiger partial charge in [-0.05, 0) is 51.5 Å². The molecule has 0 bridgehead atoms. The third-order valence-electron chi connectivity index (χ3n) is 3.90. The molecule has 0 aromatic carbocycles. The molecule has 2 aliphatic rings. The van der Waals surface area contributed by atoms with Gasteiger partial charge >= 0.3 is 0 Å². The molecule has 1 atom stereocenters. The predicted octanol–water partition coefficient (Wildman–Crippen LogP) is 3.27. The van der Waals surface area contributed by atoms with E-state index in [4.69, 9.17) is 0 Å². The van der Waals surface area contributed by atoms with Crippen LogP contribution in [0.5, 0.6) is 0 Å². The number of hydrogen-bond acceptors (Lipinski definition) is 1. The summed E-state index contributed by atoms with van der Waals surface area (Å²) in [4.78, 5) is 0. The summed E-state index contributed by atoms with van der Waals surface area (Å²) in [5.74, 6) is 0.900. The van der Waals surface area contributed by atoms with Crippen molar-refractivity contribution < 1.29 is 0 Å². The summed E-state index contributed by atoms with van der Waals surface area (Å²) in [7, 11) is 0. The summed E-state index contributed by atoms with van der Waals surface area (Å²) >= 11 is 0. The highest BCUT2D eigenvalue weighted by Crippen LogP contribution is 2.29. The molecule has 2 aliphatic carbocycles. The van der Waals surface area contributed by atoms with Crippen molar-refractivity contribution in [3.63, 3.8) is 0 Å². The van der Waals surface area contributed by atoms with Gasteiger partial charge in [-0.1, -0.05) is 25.0 Å². The van der Waals surface area contributed by atoms with Crippen LogP contribution in [0.4, 0.5) is 0 Å². The Bertz CT molecular complexity index is 201. The maximum absolute atomic E-state index is 3.79. The molecule has 0 aliphatic heterocycles. The molecule has 1 nitrogen and oxygen atoms in total. The van der Waals surface area contributed by atoms with Crippen LogP contribution in [0.2, 0.25) is 0 Å². The summed E-state index contributed by atoms with van der Waals surface area (Å²) in [5.41, 5.74) is 0.473. The summed E-state index contributed by atoms with van der Waals surface area (Å²) in [6.07, 6.45) is 14.3. The first-order chi connectivity index (χ1) is 6.79. The van der Waals surface area contributed by atoms with E-state index in [1.165, 1.54) is 51.5 Å². The highest BCUT2D eigenvalue weighted by Gasteiger charge is 2.28. The molecular weight excluding hydrogens is 170 g/mol. The number of rotatable bonds is 3. The summed E-state index contributed by atoms with van der Waals surface area (Å²) < 4.78 is 0. The van der Waals surface area contributed by atoms with Gasteiger partial charge in [0.25, 0.3) is 0 Å². The van der Waals surface area contributed by atoms with Crippen molar-refractivity contribution in [1.29, 1.82) is 0 Å². The average Bonchev–Trinajstić information content (AvgIpc) is 2.65. The van der Waals surface area contributed by atoms with Crippen LogP contribution >= 0.6 is 0 Å². The Balaban J connectivity index is 1.73. The summed E-state index contributed by atoms with van der Waals surface area (Å²) in [5, 5.41) is 3.79. The zero-order valence-corrected chi connectivity index (χ0v) is 9.39. The van der Waals surface area contributed by atoms with E-state index < -0.39 is 0 Å². The van der Waals surface area contributed by atoms with E-state index in [0.717, 1.165) is 5.92 Å². The van der Waals surface area contributed by atoms with Crippen molar-refractivity contribution in [2.45, 2.75) is 57.4 Å². The zero-order chi connectivity index (χ0) is 9.86. The van der Waals surface area contributed by atoms with Crippen LogP contribution in [-0.4, -0.2) is 12.1 Å². The Hall–Kier alpha value is -0.300. The first kappa shape index (κ1) is 10.2. The summed E-state index contributed by atoms with van der Waals surface area (Å²) in [6, 6.07) is 0. The molecule has 1 unspecified atom stereocenters. The van der Waals surface area contributed by atoms with Crippen molar-refractivity contribution in [1.82, 2.24) is 5.32 Å². The van der Waals surface area contributed by atoms with Crippen molar-refractivity contribution in [2.24, 2.45) is 5.92 Å². The first-order valence-electron chi connectivity index (χ1n) is 6.19. The van der Waals surface area contributed by atoms with Gasteiger partial charge in [0.1, 0.15) is 0 Å². The van der Waals surface area contributed by atoms with Crippen LogP contribution in [-0.2, 0) is 0 Å². The Kier molecular flexibility index (Phi) is 3.27. The minimum absolute atomic E-state index is 0.473. The first-order valence-corrected chi connectivity index (χ1v) is 6.19. The molecule has 2 rings (SSSR count). The molecule has 1 N–H and O–H groups in total. The van der Waals surface area contributed by atoms with E-state index in [-0.39, 0.29) is 0 Å². The van der Waals surface area contributed by atoms with Crippen molar-refractivity contribution in [2.75, 3.05) is 6.54 Å². The highest BCUT2D eigenvalue weighted by molar-refractivity contribution is 4.93. The van der Waals surface area contributed by atoms with Gasteiger partial charge in [-0.2, -0.15) is 0 Å². The van der Waals surface area contributed by atoms with Gasteiger partial charge in [0.05, 0.1) is 0 Å². The van der Waals surface area contributed by atoms with Gasteiger partial charge in [-0.25, -0.2) is 0 Å². The lowest BCUT2D eigenvalue weighted by Gasteiger charge is -2.29. The molecule has 0 aromatic heterocycles. The van der Waals surface area contributed by atoms with Crippen molar-refractivity contribution in [3.05, 3.63) is 12.2 Å². The Morgan fingerprint density at radius 1 is 1.29 bits per heavy atom. The van der Waals surface area contributed by atoms with Crippen LogP contribution in [0, 0.1) is 5.92 Å². The smallest absolute Gasteiger partial charge is 0.0153 e. The van der Waals surface area contributed by atoms with Gasteiger partial charge in [0.2, 0.25) is 0 Å². The molecule has 80 valence electrons. The topological polar surface area (TPSA) is 12.0 Å². The van der Waals surface area contributed by atoms with E-state index >= 15 is 0 Å². The Morgan fingerprint density at radius 2 is 2.07 bits per heavy atom. The van der Waals surface area contributed by atoms with Crippen LogP contribution < -0.4 is 5.32 Å². The third-order valence-corrected chi connectivity index (χ3v) is 3.90. The van der Waals surface area contributed by atoms with Gasteiger partial charge in [-0.3, -0.25) is 0 Å². The number of hydrogen-bond donors (Lipinski definition) is 1. The van der Waals surface area contributed by atoms with E-state index in [1.54, 1.807) is 0 Å². The quantitative estimate of drug-likeness (QED) is 0.678. The van der Waals surface area contributed by atoms with Crippen molar-refractivity contribution >= 4 is 0 Å². The van der Waals surface area contributed by atoms with Gasteiger partial charge < -0.3 is 5.32 Å². The molecule has 14 heavy (non-hydrogen) atoms. The lowest BCUT2D eigenvalue weighted by molar-refractivity contribution is 0.319. The van der Waals surface area contributed by atoms with Crippen LogP contribution in [0.3, 0.4) is 0 Å². The average molecular weight is 193 g/mol. The van der Waals surface area contributed by atoms with E-state index in [0.29, 0.717) is 5.54 Å². The van der Waals surface area contributed by atoms with E-state index in [2.05, 4.69) is 24.4 Å². The molecule has 0 saturated heterocycles. The minimum atomic E-state index is 0.473. The Morgan fingerprint density at radius 3 is 2.71 bits per heavy atom. The molecule has 0 amide bonds. The second-order valence-electron chi connectivity index (χ2n) is 5.30. The standard InChI is InChI=1S/C13H23N/c1-13(9-5-6-10-13)14-11-12-7-3-2-4-8-12/h2-3,12,14H,4-11H2,1H3. The van der Waals surface area contributed by atoms with E-state index in [1.807, 2.05) is 0 Å². The lowest BCUT2D eigenvalue weighted by Crippen LogP contribution is -2.42. The van der Waals surface area contributed by atoms with Gasteiger partial charge in [0, 0.05) is 5.54 Å². The second kappa shape index (κ2) is 4.48. The highest BCUT2D eigenvalue weighted by atomic mass is 15.0. The molecule has 1 saturated carbocycles. The monoisotopic (exact) mass is 193 g/mol. The summed E-state index contributed by atoms with van der Waals surface area (Å²) in [6.45, 7) is 3.64. The van der Waals surface area contributed by atoms with Crippen LogP contribution in [0.1, 0.15) is 51.9 Å². The maximum Gasteiger partial charge on any atom is 0.0153 e. The molecule has 0 aromatic rings. The fourth-order valence-electron chi connectivity index (χ4n) is 2.76. The molecule has 1 fully saturated rings. The predicted molar refractivity (Wildman–Crippen MR) is 61.4 cm³/mol. The fraction of sp³-hybridized carbons (Fsp3) is 0.846. The SMILES string of the molecule is CC1(NCC2CC=CCC2)CCCC1. The zero-order valence-electron chi connectivity index (χ0n) is 9.39. The molecule has 0 radical (unpaired) electrons. The maximum atomic E-state index is 3.79.